The lowest BCUT2D eigenvalue weighted by Gasteiger charge is -2.44. The van der Waals surface area contributed by atoms with Crippen molar-refractivity contribution in [1.82, 2.24) is 4.98 Å². The molecule has 290 valence electrons. The Balaban J connectivity index is 2.74. The lowest BCUT2D eigenvalue weighted by Crippen LogP contribution is -2.53. The molecule has 0 amide bonds. The molecule has 10 nitrogen and oxygen atoms in total. The minimum atomic E-state index is -2.29. The molecule has 7 atom stereocenters. The minimum Gasteiger partial charge on any atom is -0.458 e. The van der Waals surface area contributed by atoms with Crippen molar-refractivity contribution < 1.29 is 28.3 Å². The summed E-state index contributed by atoms with van der Waals surface area (Å²) in [6, 6.07) is 4.69. The van der Waals surface area contributed by atoms with Gasteiger partial charge in [0, 0.05) is 21.6 Å². The van der Waals surface area contributed by atoms with E-state index < -0.39 is 58.3 Å². The summed E-state index contributed by atoms with van der Waals surface area (Å²) in [6.07, 6.45) is 0.938. The number of Topliss-reactive ketones (excluding diaryl/α,β-unsaturated/α-hetero) is 1. The number of hydrogen-bond donors (Lipinski definition) is 1. The van der Waals surface area contributed by atoms with Crippen LogP contribution in [0.1, 0.15) is 119 Å². The fourth-order valence-electron chi connectivity index (χ4n) is 7.67. The fraction of sp³-hybridized carbons (Fsp3) is 0.816. The number of ether oxygens (including phenoxy) is 1. The number of hydrogen-bond acceptors (Lipinski definition) is 9. The molecule has 0 aliphatic carbocycles. The van der Waals surface area contributed by atoms with E-state index in [1.807, 2.05) is 46.1 Å². The minimum absolute atomic E-state index is 0.0357. The third kappa shape index (κ3) is 12.1. The Morgan fingerprint density at radius 3 is 2.14 bits per heavy atom. The van der Waals surface area contributed by atoms with E-state index >= 15 is 0 Å². The summed E-state index contributed by atoms with van der Waals surface area (Å²) < 4.78 is 20.5. The lowest BCUT2D eigenvalue weighted by molar-refractivity contribution is -0.154. The number of carbonyl (C=O) groups excluding carboxylic acids is 2. The van der Waals surface area contributed by atoms with Crippen molar-refractivity contribution in [3.8, 4) is 0 Å². The number of aromatic nitrogens is 1. The predicted molar refractivity (Wildman–Crippen MR) is 214 cm³/mol. The molecule has 1 aliphatic heterocycles. The second-order valence-corrected chi connectivity index (χ2v) is 25.9. The van der Waals surface area contributed by atoms with E-state index in [4.69, 9.17) is 13.6 Å². The number of aliphatic hydroxyl groups excluding tert-OH is 1. The highest BCUT2D eigenvalue weighted by Gasteiger charge is 2.48. The number of aryl methyl sites for hydroxylation is 1. The van der Waals surface area contributed by atoms with E-state index in [-0.39, 0.29) is 30.6 Å². The molecule has 1 fully saturated rings. The molecule has 1 aromatic rings. The highest BCUT2D eigenvalue weighted by atomic mass is 32.1. The van der Waals surface area contributed by atoms with Crippen molar-refractivity contribution in [2.75, 3.05) is 0 Å². The second kappa shape index (κ2) is 20.6. The molecular formula is C38H68N4O6SSi2. The number of cyclic esters (lactones) is 1. The Morgan fingerprint density at radius 1 is 1.06 bits per heavy atom. The van der Waals surface area contributed by atoms with Gasteiger partial charge in [0.25, 0.3) is 0 Å². The number of azide groups is 1. The lowest BCUT2D eigenvalue weighted by atomic mass is 9.73. The molecule has 0 radical (unpaired) electrons. The van der Waals surface area contributed by atoms with E-state index in [0.717, 1.165) is 59.0 Å². The van der Waals surface area contributed by atoms with Crippen LogP contribution >= 0.6 is 11.3 Å². The van der Waals surface area contributed by atoms with Gasteiger partial charge in [0.2, 0.25) is 0 Å². The summed E-state index contributed by atoms with van der Waals surface area (Å²) in [6.45, 7) is 24.8. The van der Waals surface area contributed by atoms with Crippen LogP contribution in [0.3, 0.4) is 0 Å². The van der Waals surface area contributed by atoms with Gasteiger partial charge in [-0.15, -0.1) is 11.3 Å². The Kier molecular flexibility index (Phi) is 18.3. The van der Waals surface area contributed by atoms with Gasteiger partial charge in [-0.1, -0.05) is 80.8 Å². The zero-order valence-corrected chi connectivity index (χ0v) is 36.5. The van der Waals surface area contributed by atoms with Crippen molar-refractivity contribution in [3.05, 3.63) is 32.1 Å². The average Bonchev–Trinajstić information content (AvgIpc) is 3.53. The van der Waals surface area contributed by atoms with Gasteiger partial charge in [0.15, 0.2) is 16.6 Å². The molecule has 0 aromatic carbocycles. The van der Waals surface area contributed by atoms with Crippen LogP contribution in [-0.4, -0.2) is 68.9 Å². The zero-order valence-electron chi connectivity index (χ0n) is 33.7. The maximum absolute atomic E-state index is 14.9. The van der Waals surface area contributed by atoms with Crippen LogP contribution < -0.4 is 0 Å². The molecule has 0 saturated carbocycles. The SMILES string of the molecule is CC[Si](CC)(CC)O[C@H]1[C@@H](C)CCC[C@@H](O)[C@@H](N=[N+]=[N-])CC(/C(C)=C/c2csc(C)n2)OC(=O)C[C@H](O[Si](CC)(CC)CC)C(C)(C)C(=O)[C@@H]1C. The topological polar surface area (TPSA) is 144 Å². The van der Waals surface area contributed by atoms with Crippen LogP contribution in [0.4, 0.5) is 0 Å². The number of thiazole rings is 1. The van der Waals surface area contributed by atoms with Gasteiger partial charge in [0.1, 0.15) is 11.9 Å². The Hall–Kier alpha value is -1.87. The molecule has 51 heavy (non-hydrogen) atoms. The number of esters is 1. The fourth-order valence-corrected chi connectivity index (χ4v) is 14.2. The summed E-state index contributed by atoms with van der Waals surface area (Å²) >= 11 is 1.53. The van der Waals surface area contributed by atoms with Crippen molar-refractivity contribution in [3.63, 3.8) is 0 Å². The maximum Gasteiger partial charge on any atom is 0.309 e. The monoisotopic (exact) mass is 764 g/mol. The normalized spacial score (nSPS) is 27.9. The summed E-state index contributed by atoms with van der Waals surface area (Å²) in [5, 5.41) is 18.3. The number of aliphatic hydroxyl groups is 1. The first-order valence-corrected chi connectivity index (χ1v) is 25.4. The zero-order chi connectivity index (χ0) is 38.6. The van der Waals surface area contributed by atoms with Crippen LogP contribution in [-0.2, 0) is 23.2 Å². The van der Waals surface area contributed by atoms with E-state index in [1.54, 1.807) is 0 Å². The molecular weight excluding hydrogens is 697 g/mol. The average molecular weight is 765 g/mol. The van der Waals surface area contributed by atoms with E-state index in [9.17, 15) is 20.2 Å². The summed E-state index contributed by atoms with van der Waals surface area (Å²) in [4.78, 5) is 36.7. The third-order valence-corrected chi connectivity index (χ3v) is 22.0. The van der Waals surface area contributed by atoms with E-state index in [0.29, 0.717) is 12.8 Å². The molecule has 1 unspecified atom stereocenters. The Bertz CT molecular complexity index is 1320. The van der Waals surface area contributed by atoms with Gasteiger partial charge in [0.05, 0.1) is 41.5 Å². The summed E-state index contributed by atoms with van der Waals surface area (Å²) in [5.74, 6) is -0.864. The van der Waals surface area contributed by atoms with Gasteiger partial charge >= 0.3 is 5.97 Å². The standard InChI is InChI=1S/C38H68N4O6SSi2/c1-13-50(14-2,15-3)47-34-24-35(44)46-33(27(8)22-30-25-49-29(10)40-30)23-31(41-42-39)32(43)21-19-20-26(7)36(28(9)37(45)38(34,11)12)48-51(16-4,17-5)18-6/h22,25-26,28,31-34,36,43H,13-21,23-24H2,1-12H3/b27-22+/t26-,28+,31-,32+,33?,34-,36-/m0/s1. The quantitative estimate of drug-likeness (QED) is 0.0692. The van der Waals surface area contributed by atoms with Crippen molar-refractivity contribution in [2.24, 2.45) is 22.4 Å². The van der Waals surface area contributed by atoms with Gasteiger partial charge in [-0.3, -0.25) is 9.59 Å². The van der Waals surface area contributed by atoms with Crippen molar-refractivity contribution >= 4 is 45.8 Å². The Morgan fingerprint density at radius 2 is 1.63 bits per heavy atom. The molecule has 1 saturated heterocycles. The molecule has 1 N–H and O–H groups in total. The molecule has 0 bridgehead atoms. The summed E-state index contributed by atoms with van der Waals surface area (Å²) in [7, 11) is -4.41. The van der Waals surface area contributed by atoms with Crippen LogP contribution in [0, 0.1) is 24.2 Å². The highest BCUT2D eigenvalue weighted by molar-refractivity contribution is 7.09. The first-order chi connectivity index (χ1) is 24.0. The Labute approximate surface area is 314 Å². The van der Waals surface area contributed by atoms with Crippen molar-refractivity contribution in [2.45, 2.75) is 182 Å². The van der Waals surface area contributed by atoms with Crippen LogP contribution in [0.2, 0.25) is 36.3 Å². The molecule has 1 aromatic heterocycles. The number of ketones is 1. The summed E-state index contributed by atoms with van der Waals surface area (Å²) in [5.41, 5.74) is 10.00. The van der Waals surface area contributed by atoms with Gasteiger partial charge in [-0.2, -0.15) is 0 Å². The van der Waals surface area contributed by atoms with Crippen molar-refractivity contribution in [1.29, 1.82) is 0 Å². The number of nitrogens with zero attached hydrogens (tertiary/aromatic N) is 4. The molecule has 1 aliphatic rings. The maximum atomic E-state index is 14.9. The van der Waals surface area contributed by atoms with Crippen LogP contribution in [0.15, 0.2) is 16.1 Å². The first-order valence-electron chi connectivity index (χ1n) is 19.4. The highest BCUT2D eigenvalue weighted by Crippen LogP contribution is 2.40. The second-order valence-electron chi connectivity index (χ2n) is 15.4. The molecule has 2 rings (SSSR count). The first kappa shape index (κ1) is 45.3. The van der Waals surface area contributed by atoms with E-state index in [1.165, 1.54) is 11.3 Å². The van der Waals surface area contributed by atoms with Crippen LogP contribution in [0.5, 0.6) is 0 Å². The largest absolute Gasteiger partial charge is 0.458 e. The van der Waals surface area contributed by atoms with Crippen LogP contribution in [0.25, 0.3) is 16.5 Å². The van der Waals surface area contributed by atoms with Gasteiger partial charge < -0.3 is 18.7 Å². The number of carbonyl (C=O) groups is 2. The number of rotatable bonds is 13. The predicted octanol–water partition coefficient (Wildman–Crippen LogP) is 10.4. The molecule has 0 spiro atoms. The smallest absolute Gasteiger partial charge is 0.309 e. The molecule has 13 heteroatoms. The van der Waals surface area contributed by atoms with Gasteiger partial charge in [-0.25, -0.2) is 4.98 Å². The molecule has 2 heterocycles. The van der Waals surface area contributed by atoms with Gasteiger partial charge in [-0.05, 0) is 92.5 Å². The van der Waals surface area contributed by atoms with E-state index in [2.05, 4.69) is 63.5 Å². The third-order valence-electron chi connectivity index (χ3n) is 12.0.